The summed E-state index contributed by atoms with van der Waals surface area (Å²) in [5.74, 6) is 0.545. The lowest BCUT2D eigenvalue weighted by molar-refractivity contribution is 0.461. The van der Waals surface area contributed by atoms with Crippen LogP contribution in [0.3, 0.4) is 0 Å². The molecule has 0 aromatic rings. The van der Waals surface area contributed by atoms with Crippen LogP contribution in [0.15, 0.2) is 0 Å². The van der Waals surface area contributed by atoms with Gasteiger partial charge in [0.25, 0.3) is 6.69 Å². The molecular weight excluding hydrogens is 219 g/mol. The molecule has 3 heteroatoms. The molecule has 0 fully saturated rings. The van der Waals surface area contributed by atoms with Crippen molar-refractivity contribution < 1.29 is 0 Å². The fraction of sp³-hybridized carbons (Fsp3) is 1.00. The predicted octanol–water partition coefficient (Wildman–Crippen LogP) is 5.14. The van der Waals surface area contributed by atoms with Gasteiger partial charge in [-0.3, -0.25) is 0 Å². The van der Waals surface area contributed by atoms with Gasteiger partial charge in [-0.25, -0.2) is 0 Å². The molecule has 0 spiro atoms. The molecule has 0 aliphatic carbocycles. The van der Waals surface area contributed by atoms with E-state index in [0.29, 0.717) is 11.5 Å². The number of rotatable bonds is 4. The summed E-state index contributed by atoms with van der Waals surface area (Å²) in [6.45, 7) is 11.0. The van der Waals surface area contributed by atoms with Gasteiger partial charge in [-0.05, 0) is 16.5 Å². The van der Waals surface area contributed by atoms with E-state index in [2.05, 4.69) is 41.5 Å². The van der Waals surface area contributed by atoms with E-state index in [9.17, 15) is 0 Å². The maximum atomic E-state index is 6.58. The lowest BCUT2D eigenvalue weighted by Crippen LogP contribution is -2.41. The monoisotopic (exact) mass is 240 g/mol. The van der Waals surface area contributed by atoms with E-state index in [1.807, 2.05) is 0 Å². The average molecular weight is 241 g/mol. The Morgan fingerprint density at radius 1 is 1.15 bits per heavy atom. The molecule has 0 radical (unpaired) electrons. The van der Waals surface area contributed by atoms with Crippen LogP contribution >= 0.6 is 22.2 Å². The molecule has 0 saturated heterocycles. The minimum atomic E-state index is -2.15. The molecule has 0 aliphatic heterocycles. The van der Waals surface area contributed by atoms with Crippen LogP contribution in [0, 0.1) is 5.92 Å². The predicted molar refractivity (Wildman–Crippen MR) is 66.1 cm³/mol. The highest BCUT2D eigenvalue weighted by atomic mass is 35.7. The summed E-state index contributed by atoms with van der Waals surface area (Å²) in [5, 5.41) is 0.0888. The van der Waals surface area contributed by atoms with Crippen LogP contribution in [0.25, 0.3) is 0 Å². The molecule has 0 heterocycles. The van der Waals surface area contributed by atoms with Crippen LogP contribution in [0.1, 0.15) is 48.0 Å². The highest BCUT2D eigenvalue weighted by Crippen LogP contribution is 2.54. The van der Waals surface area contributed by atoms with E-state index in [1.54, 1.807) is 0 Å². The Kier molecular flexibility index (Phi) is 4.82. The van der Waals surface area contributed by atoms with Crippen molar-refractivity contribution in [1.82, 2.24) is 0 Å². The second-order valence-electron chi connectivity index (χ2n) is 4.81. The molecule has 1 atom stereocenters. The van der Waals surface area contributed by atoms with Crippen LogP contribution in [-0.4, -0.2) is 6.69 Å². The van der Waals surface area contributed by atoms with Crippen molar-refractivity contribution in [1.29, 1.82) is 0 Å². The maximum absolute atomic E-state index is 6.58. The Morgan fingerprint density at radius 3 is 1.77 bits per heavy atom. The molecule has 80 valence electrons. The lowest BCUT2D eigenvalue weighted by Gasteiger charge is -2.42. The Labute approximate surface area is 93.4 Å². The molecule has 0 aliphatic rings. The molecular formula is C10H22Cl2Si. The van der Waals surface area contributed by atoms with Gasteiger partial charge in [-0.1, -0.05) is 48.0 Å². The van der Waals surface area contributed by atoms with Gasteiger partial charge in [0, 0.05) is 0 Å². The summed E-state index contributed by atoms with van der Waals surface area (Å²) < 4.78 is 0. The summed E-state index contributed by atoms with van der Waals surface area (Å²) in [5.41, 5.74) is 0.466. The van der Waals surface area contributed by atoms with E-state index >= 15 is 0 Å². The molecule has 0 bridgehead atoms. The summed E-state index contributed by atoms with van der Waals surface area (Å²) in [4.78, 5) is 0. The quantitative estimate of drug-likeness (QED) is 0.472. The zero-order valence-electron chi connectivity index (χ0n) is 9.62. The first-order valence-corrected chi connectivity index (χ1v) is 9.15. The Balaban J connectivity index is 4.80. The summed E-state index contributed by atoms with van der Waals surface area (Å²) >= 11 is 13.2. The molecule has 0 nitrogen and oxygen atoms in total. The van der Waals surface area contributed by atoms with Crippen molar-refractivity contribution in [2.75, 3.05) is 0 Å². The normalized spacial score (nSPS) is 16.4. The summed E-state index contributed by atoms with van der Waals surface area (Å²) in [7, 11) is 0. The van der Waals surface area contributed by atoms with Gasteiger partial charge in [0.05, 0.1) is 0 Å². The first-order valence-electron chi connectivity index (χ1n) is 5.05. The van der Waals surface area contributed by atoms with Gasteiger partial charge in [0.1, 0.15) is 0 Å². The fourth-order valence-corrected chi connectivity index (χ4v) is 6.06. The van der Waals surface area contributed by atoms with E-state index in [1.165, 1.54) is 0 Å². The van der Waals surface area contributed by atoms with Crippen molar-refractivity contribution in [2.24, 2.45) is 5.92 Å². The Morgan fingerprint density at radius 2 is 1.54 bits per heavy atom. The van der Waals surface area contributed by atoms with E-state index in [-0.39, 0.29) is 5.04 Å². The van der Waals surface area contributed by atoms with E-state index < -0.39 is 6.69 Å². The highest BCUT2D eigenvalue weighted by Gasteiger charge is 2.50. The van der Waals surface area contributed by atoms with Crippen molar-refractivity contribution in [3.05, 3.63) is 0 Å². The smallest absolute Gasteiger partial charge is 0.145 e. The second kappa shape index (κ2) is 4.54. The van der Waals surface area contributed by atoms with Gasteiger partial charge in [0.15, 0.2) is 0 Å². The third kappa shape index (κ3) is 2.63. The van der Waals surface area contributed by atoms with E-state index in [4.69, 9.17) is 22.2 Å². The van der Waals surface area contributed by atoms with Gasteiger partial charge in [-0.2, -0.15) is 0 Å². The molecule has 13 heavy (non-hydrogen) atoms. The minimum Gasteiger partial charge on any atom is -0.145 e. The molecule has 0 aromatic carbocycles. The molecule has 0 rings (SSSR count). The summed E-state index contributed by atoms with van der Waals surface area (Å²) in [6, 6.07) is 0. The topological polar surface area (TPSA) is 0 Å². The van der Waals surface area contributed by atoms with Crippen molar-refractivity contribution in [3.63, 3.8) is 0 Å². The van der Waals surface area contributed by atoms with Crippen molar-refractivity contribution in [2.45, 2.75) is 58.5 Å². The van der Waals surface area contributed by atoms with E-state index in [0.717, 1.165) is 6.42 Å². The zero-order valence-corrected chi connectivity index (χ0v) is 12.1. The lowest BCUT2D eigenvalue weighted by atomic mass is 9.99. The first-order chi connectivity index (χ1) is 5.67. The second-order valence-corrected chi connectivity index (χ2v) is 12.5. The number of halogens is 2. The Bertz CT molecular complexity index is 164. The largest absolute Gasteiger partial charge is 0.259 e. The molecule has 0 amide bonds. The third-order valence-corrected chi connectivity index (χ3v) is 12.6. The first kappa shape index (κ1) is 13.8. The van der Waals surface area contributed by atoms with Gasteiger partial charge < -0.3 is 0 Å². The van der Waals surface area contributed by atoms with Crippen molar-refractivity contribution >= 4 is 28.9 Å². The maximum Gasteiger partial charge on any atom is 0.259 e. The van der Waals surface area contributed by atoms with Crippen molar-refractivity contribution in [3.8, 4) is 0 Å². The third-order valence-electron chi connectivity index (χ3n) is 3.53. The van der Waals surface area contributed by atoms with Crippen LogP contribution in [0.2, 0.25) is 10.6 Å². The molecule has 0 saturated carbocycles. The average Bonchev–Trinajstić information content (AvgIpc) is 2.02. The number of hydrogen-bond donors (Lipinski definition) is 0. The fourth-order valence-electron chi connectivity index (χ4n) is 1.28. The Hall–Kier alpha value is 0.797. The van der Waals surface area contributed by atoms with Gasteiger partial charge in [-0.15, -0.1) is 22.2 Å². The summed E-state index contributed by atoms with van der Waals surface area (Å²) in [6.07, 6.45) is 1.08. The molecule has 1 unspecified atom stereocenters. The molecule has 0 N–H and O–H groups in total. The standard InChI is InChI=1S/C10H22Cl2Si/c1-7-9(4)13(11,12)10(5,6)8(2)3/h8-9H,7H2,1-6H3. The highest BCUT2D eigenvalue weighted by molar-refractivity contribution is 7.47. The molecule has 0 aromatic heterocycles. The zero-order chi connectivity index (χ0) is 10.9. The van der Waals surface area contributed by atoms with Gasteiger partial charge in [0.2, 0.25) is 0 Å². The number of hydrogen-bond acceptors (Lipinski definition) is 0. The van der Waals surface area contributed by atoms with Crippen LogP contribution in [0.5, 0.6) is 0 Å². The SMILES string of the molecule is CCC(C)[Si](Cl)(Cl)C(C)(C)C(C)C. The van der Waals surface area contributed by atoms with Crippen LogP contribution in [0.4, 0.5) is 0 Å². The van der Waals surface area contributed by atoms with Crippen LogP contribution < -0.4 is 0 Å². The van der Waals surface area contributed by atoms with Gasteiger partial charge >= 0.3 is 0 Å². The minimum absolute atomic E-state index is 0.0888. The van der Waals surface area contributed by atoms with Crippen LogP contribution in [-0.2, 0) is 0 Å².